The van der Waals surface area contributed by atoms with Crippen molar-refractivity contribution in [3.8, 4) is 0 Å². The van der Waals surface area contributed by atoms with Gasteiger partial charge in [0.15, 0.2) is 5.16 Å². The maximum absolute atomic E-state index is 12.7. The normalized spacial score (nSPS) is 16.6. The fraction of sp³-hybridized carbons (Fsp3) is 0.333. The van der Waals surface area contributed by atoms with E-state index in [1.165, 1.54) is 27.7 Å². The van der Waals surface area contributed by atoms with Crippen LogP contribution in [0.4, 0.5) is 4.79 Å². The standard InChI is InChI=1S/C18H20N4O4S2/c1-4-7-22-15(23)11-6-8-27-14(11)21-18(22)28-9-12-13(16(24)26-5-2)10(3)19-17(25)20-12/h4,6,8,10H,1,5,7,9H2,2-3H3,(H2,19,20,25). The minimum Gasteiger partial charge on any atom is -0.463 e. The Kier molecular flexibility index (Phi) is 6.20. The van der Waals surface area contributed by atoms with Crippen LogP contribution in [-0.4, -0.2) is 40.0 Å². The molecule has 2 aromatic heterocycles. The Morgan fingerprint density at radius 3 is 3.00 bits per heavy atom. The average Bonchev–Trinajstić information content (AvgIpc) is 3.11. The minimum atomic E-state index is -0.483. The van der Waals surface area contributed by atoms with Crippen molar-refractivity contribution in [2.45, 2.75) is 31.6 Å². The Balaban J connectivity index is 1.96. The van der Waals surface area contributed by atoms with Gasteiger partial charge in [-0.1, -0.05) is 17.8 Å². The van der Waals surface area contributed by atoms with Crippen molar-refractivity contribution in [1.29, 1.82) is 0 Å². The second-order valence-corrected chi connectivity index (χ2v) is 7.80. The van der Waals surface area contributed by atoms with Crippen LogP contribution < -0.4 is 16.2 Å². The first kappa shape index (κ1) is 20.2. The number of rotatable bonds is 7. The van der Waals surface area contributed by atoms with Crippen molar-refractivity contribution in [2.75, 3.05) is 12.4 Å². The molecule has 10 heteroatoms. The fourth-order valence-corrected chi connectivity index (χ4v) is 4.64. The first-order valence-electron chi connectivity index (χ1n) is 8.65. The highest BCUT2D eigenvalue weighted by atomic mass is 32.2. The van der Waals surface area contributed by atoms with Gasteiger partial charge in [-0.25, -0.2) is 14.6 Å². The van der Waals surface area contributed by atoms with E-state index in [2.05, 4.69) is 22.2 Å². The van der Waals surface area contributed by atoms with E-state index in [1.54, 1.807) is 26.0 Å². The second-order valence-electron chi connectivity index (χ2n) is 5.96. The Morgan fingerprint density at radius 1 is 1.50 bits per heavy atom. The molecule has 0 bridgehead atoms. The van der Waals surface area contributed by atoms with Gasteiger partial charge in [-0.15, -0.1) is 17.9 Å². The largest absolute Gasteiger partial charge is 0.463 e. The first-order valence-corrected chi connectivity index (χ1v) is 10.5. The molecule has 8 nitrogen and oxygen atoms in total. The van der Waals surface area contributed by atoms with Crippen LogP contribution in [-0.2, 0) is 16.1 Å². The molecular formula is C18H20N4O4S2. The quantitative estimate of drug-likeness (QED) is 0.308. The van der Waals surface area contributed by atoms with Gasteiger partial charge in [-0.2, -0.15) is 0 Å². The van der Waals surface area contributed by atoms with Crippen molar-refractivity contribution >= 4 is 45.3 Å². The van der Waals surface area contributed by atoms with Gasteiger partial charge in [0.2, 0.25) is 0 Å². The van der Waals surface area contributed by atoms with Crippen LogP contribution in [0.5, 0.6) is 0 Å². The van der Waals surface area contributed by atoms with Crippen molar-refractivity contribution < 1.29 is 14.3 Å². The van der Waals surface area contributed by atoms with E-state index >= 15 is 0 Å². The molecule has 0 fully saturated rings. The number of hydrogen-bond donors (Lipinski definition) is 2. The molecule has 3 rings (SSSR count). The summed E-state index contributed by atoms with van der Waals surface area (Å²) >= 11 is 2.66. The van der Waals surface area contributed by atoms with E-state index < -0.39 is 12.0 Å². The molecule has 1 unspecified atom stereocenters. The van der Waals surface area contributed by atoms with E-state index in [0.717, 1.165) is 0 Å². The second kappa shape index (κ2) is 8.61. The fourth-order valence-electron chi connectivity index (χ4n) is 2.86. The van der Waals surface area contributed by atoms with Crippen molar-refractivity contribution in [3.63, 3.8) is 0 Å². The summed E-state index contributed by atoms with van der Waals surface area (Å²) in [5.41, 5.74) is 0.671. The highest BCUT2D eigenvalue weighted by Crippen LogP contribution is 2.25. The minimum absolute atomic E-state index is 0.143. The topological polar surface area (TPSA) is 102 Å². The van der Waals surface area contributed by atoms with Crippen molar-refractivity contribution in [3.05, 3.63) is 45.7 Å². The van der Waals surface area contributed by atoms with Crippen molar-refractivity contribution in [2.24, 2.45) is 0 Å². The zero-order valence-corrected chi connectivity index (χ0v) is 17.1. The molecule has 0 saturated heterocycles. The van der Waals surface area contributed by atoms with E-state index in [0.29, 0.717) is 33.2 Å². The number of carbonyl (C=O) groups excluding carboxylic acids is 2. The predicted octanol–water partition coefficient (Wildman–Crippen LogP) is 2.25. The lowest BCUT2D eigenvalue weighted by molar-refractivity contribution is -0.138. The summed E-state index contributed by atoms with van der Waals surface area (Å²) in [6, 6.07) is 0.882. The number of allylic oxidation sites excluding steroid dienone is 1. The number of ether oxygens (including phenoxy) is 1. The molecule has 1 atom stereocenters. The number of thiophene rings is 1. The third kappa shape index (κ3) is 3.97. The van der Waals surface area contributed by atoms with E-state index in [9.17, 15) is 14.4 Å². The third-order valence-electron chi connectivity index (χ3n) is 4.07. The Morgan fingerprint density at radius 2 is 2.29 bits per heavy atom. The van der Waals surface area contributed by atoms with Gasteiger partial charge in [0.05, 0.1) is 23.6 Å². The van der Waals surface area contributed by atoms with E-state index in [-0.39, 0.29) is 24.0 Å². The molecule has 2 N–H and O–H groups in total. The van der Waals surface area contributed by atoms with E-state index in [4.69, 9.17) is 4.74 Å². The molecule has 28 heavy (non-hydrogen) atoms. The van der Waals surface area contributed by atoms with Gasteiger partial charge >= 0.3 is 12.0 Å². The zero-order chi connectivity index (χ0) is 20.3. The molecule has 1 aliphatic rings. The Hall–Kier alpha value is -2.59. The molecule has 2 aromatic rings. The van der Waals surface area contributed by atoms with Gasteiger partial charge in [-0.3, -0.25) is 9.36 Å². The summed E-state index contributed by atoms with van der Waals surface area (Å²) in [5.74, 6) is -0.227. The molecule has 148 valence electrons. The molecule has 3 heterocycles. The highest BCUT2D eigenvalue weighted by molar-refractivity contribution is 7.99. The van der Waals surface area contributed by atoms with Crippen LogP contribution in [0.15, 0.2) is 45.3 Å². The lowest BCUT2D eigenvalue weighted by Gasteiger charge is -2.26. The van der Waals surface area contributed by atoms with Gasteiger partial charge in [0, 0.05) is 18.0 Å². The summed E-state index contributed by atoms with van der Waals surface area (Å²) in [7, 11) is 0. The summed E-state index contributed by atoms with van der Waals surface area (Å²) in [6.07, 6.45) is 1.63. The molecule has 0 saturated carbocycles. The number of fused-ring (bicyclic) bond motifs is 1. The predicted molar refractivity (Wildman–Crippen MR) is 110 cm³/mol. The van der Waals surface area contributed by atoms with Crippen LogP contribution in [0, 0.1) is 0 Å². The number of thioether (sulfide) groups is 1. The summed E-state index contributed by atoms with van der Waals surface area (Å²) < 4.78 is 6.65. The zero-order valence-electron chi connectivity index (χ0n) is 15.5. The third-order valence-corrected chi connectivity index (χ3v) is 5.88. The summed E-state index contributed by atoms with van der Waals surface area (Å²) in [4.78, 5) is 42.2. The van der Waals surface area contributed by atoms with Crippen LogP contribution >= 0.6 is 23.1 Å². The maximum atomic E-state index is 12.7. The molecular weight excluding hydrogens is 400 g/mol. The first-order chi connectivity index (χ1) is 13.5. The summed E-state index contributed by atoms with van der Waals surface area (Å²) in [6.45, 7) is 7.69. The molecule has 0 radical (unpaired) electrons. The van der Waals surface area contributed by atoms with Gasteiger partial charge in [0.1, 0.15) is 4.83 Å². The number of carbonyl (C=O) groups is 2. The number of hydrogen-bond acceptors (Lipinski definition) is 7. The SMILES string of the molecule is C=CCn1c(SCC2=C(C(=O)OCC)C(C)NC(=O)N2)nc2sccc2c1=O. The van der Waals surface area contributed by atoms with E-state index in [1.807, 2.05) is 5.38 Å². The number of nitrogens with one attached hydrogen (secondary N) is 2. The van der Waals surface area contributed by atoms with Crippen molar-refractivity contribution in [1.82, 2.24) is 20.2 Å². The number of esters is 1. The van der Waals surface area contributed by atoms with Crippen LogP contribution in [0.1, 0.15) is 13.8 Å². The molecule has 0 aliphatic carbocycles. The Bertz CT molecular complexity index is 1020. The van der Waals surface area contributed by atoms with Gasteiger partial charge in [-0.05, 0) is 25.3 Å². The van der Waals surface area contributed by atoms with Gasteiger partial charge < -0.3 is 15.4 Å². The highest BCUT2D eigenvalue weighted by Gasteiger charge is 2.30. The van der Waals surface area contributed by atoms with Gasteiger partial charge in [0.25, 0.3) is 5.56 Å². The number of urea groups is 1. The molecule has 2 amide bonds. The number of nitrogens with zero attached hydrogens (tertiary/aromatic N) is 2. The maximum Gasteiger partial charge on any atom is 0.337 e. The lowest BCUT2D eigenvalue weighted by atomic mass is 10.1. The molecule has 1 aliphatic heterocycles. The molecule has 0 spiro atoms. The smallest absolute Gasteiger partial charge is 0.337 e. The summed E-state index contributed by atoms with van der Waals surface area (Å²) in [5, 5.41) is 8.22. The lowest BCUT2D eigenvalue weighted by Crippen LogP contribution is -2.49. The van der Waals surface area contributed by atoms with Crippen LogP contribution in [0.3, 0.4) is 0 Å². The van der Waals surface area contributed by atoms with Crippen LogP contribution in [0.2, 0.25) is 0 Å². The van der Waals surface area contributed by atoms with Crippen LogP contribution in [0.25, 0.3) is 10.2 Å². The monoisotopic (exact) mass is 420 g/mol. The number of aromatic nitrogens is 2. The average molecular weight is 421 g/mol. The Labute approximate surface area is 169 Å². The molecule has 0 aromatic carbocycles. The number of amides is 2.